The van der Waals surface area contributed by atoms with Gasteiger partial charge in [-0.1, -0.05) is 48.4 Å². The van der Waals surface area contributed by atoms with Gasteiger partial charge in [0, 0.05) is 12.1 Å². The molecule has 0 aliphatic carbocycles. The van der Waals surface area contributed by atoms with Gasteiger partial charge in [-0.25, -0.2) is 0 Å². The molecule has 0 aliphatic rings. The van der Waals surface area contributed by atoms with Gasteiger partial charge in [0.25, 0.3) is 0 Å². The van der Waals surface area contributed by atoms with Crippen LogP contribution in [0.2, 0.25) is 5.02 Å². The van der Waals surface area contributed by atoms with Crippen molar-refractivity contribution in [3.8, 4) is 11.5 Å². The number of benzene rings is 2. The lowest BCUT2D eigenvalue weighted by atomic mass is 10.1. The molecule has 0 bridgehead atoms. The molecular formula is C18H22ClNO. The van der Waals surface area contributed by atoms with Crippen LogP contribution in [-0.4, -0.2) is 6.54 Å². The first-order valence-corrected chi connectivity index (χ1v) is 7.73. The number of halogens is 1. The molecule has 2 rings (SSSR count). The van der Waals surface area contributed by atoms with Crippen LogP contribution < -0.4 is 10.1 Å². The first-order chi connectivity index (χ1) is 10.1. The van der Waals surface area contributed by atoms with Crippen LogP contribution in [0.1, 0.15) is 30.0 Å². The summed E-state index contributed by atoms with van der Waals surface area (Å²) in [6.45, 7) is 8.02. The highest BCUT2D eigenvalue weighted by molar-refractivity contribution is 6.32. The fourth-order valence-corrected chi connectivity index (χ4v) is 2.46. The molecule has 0 radical (unpaired) electrons. The Morgan fingerprint density at radius 2 is 1.95 bits per heavy atom. The van der Waals surface area contributed by atoms with Crippen molar-refractivity contribution in [1.29, 1.82) is 0 Å². The summed E-state index contributed by atoms with van der Waals surface area (Å²) in [5, 5.41) is 4.03. The molecule has 0 aromatic heterocycles. The Morgan fingerprint density at radius 1 is 1.14 bits per heavy atom. The SMILES string of the molecule is CCCNCc1cccc(Cl)c1Oc1ccc(C)cc1C. The second-order valence-electron chi connectivity index (χ2n) is 5.28. The lowest BCUT2D eigenvalue weighted by molar-refractivity contribution is 0.469. The lowest BCUT2D eigenvalue weighted by Gasteiger charge is -2.15. The van der Waals surface area contributed by atoms with E-state index in [-0.39, 0.29) is 0 Å². The van der Waals surface area contributed by atoms with Gasteiger partial charge < -0.3 is 10.1 Å². The molecule has 0 unspecified atom stereocenters. The van der Waals surface area contributed by atoms with Crippen molar-refractivity contribution in [1.82, 2.24) is 5.32 Å². The molecule has 2 aromatic rings. The van der Waals surface area contributed by atoms with Crippen molar-refractivity contribution in [2.24, 2.45) is 0 Å². The zero-order valence-electron chi connectivity index (χ0n) is 12.9. The van der Waals surface area contributed by atoms with Gasteiger partial charge in [0.05, 0.1) is 5.02 Å². The van der Waals surface area contributed by atoms with Gasteiger partial charge in [-0.2, -0.15) is 0 Å². The van der Waals surface area contributed by atoms with Gasteiger partial charge in [-0.15, -0.1) is 0 Å². The number of nitrogens with one attached hydrogen (secondary N) is 1. The quantitative estimate of drug-likeness (QED) is 0.736. The van der Waals surface area contributed by atoms with Crippen LogP contribution in [0.5, 0.6) is 11.5 Å². The molecule has 0 amide bonds. The summed E-state index contributed by atoms with van der Waals surface area (Å²) in [6, 6.07) is 12.0. The predicted molar refractivity (Wildman–Crippen MR) is 89.4 cm³/mol. The van der Waals surface area contributed by atoms with E-state index in [2.05, 4.69) is 25.2 Å². The van der Waals surface area contributed by atoms with E-state index in [9.17, 15) is 0 Å². The molecule has 3 heteroatoms. The van der Waals surface area contributed by atoms with Crippen molar-refractivity contribution in [2.75, 3.05) is 6.54 Å². The van der Waals surface area contributed by atoms with Crippen LogP contribution in [0, 0.1) is 13.8 Å². The normalized spacial score (nSPS) is 10.7. The van der Waals surface area contributed by atoms with Crippen molar-refractivity contribution in [3.63, 3.8) is 0 Å². The van der Waals surface area contributed by atoms with E-state index in [4.69, 9.17) is 16.3 Å². The Kier molecular flexibility index (Phi) is 5.66. The molecule has 0 heterocycles. The van der Waals surface area contributed by atoms with Crippen molar-refractivity contribution in [2.45, 2.75) is 33.7 Å². The maximum absolute atomic E-state index is 6.32. The van der Waals surface area contributed by atoms with Gasteiger partial charge in [-0.05, 0) is 44.5 Å². The summed E-state index contributed by atoms with van der Waals surface area (Å²) in [5.74, 6) is 1.60. The Balaban J connectivity index is 2.25. The molecule has 0 saturated heterocycles. The van der Waals surface area contributed by atoms with Crippen LogP contribution in [-0.2, 0) is 6.54 Å². The molecule has 0 spiro atoms. The van der Waals surface area contributed by atoms with Gasteiger partial charge >= 0.3 is 0 Å². The number of hydrogen-bond acceptors (Lipinski definition) is 2. The standard InChI is InChI=1S/C18H22ClNO/c1-4-10-20-12-15-6-5-7-16(19)18(15)21-17-9-8-13(2)11-14(17)3/h5-9,11,20H,4,10,12H2,1-3H3. The summed E-state index contributed by atoms with van der Waals surface area (Å²) in [7, 11) is 0. The van der Waals surface area contributed by atoms with E-state index in [1.54, 1.807) is 0 Å². The fourth-order valence-electron chi connectivity index (χ4n) is 2.23. The van der Waals surface area contributed by atoms with Gasteiger partial charge in [0.1, 0.15) is 5.75 Å². The zero-order valence-corrected chi connectivity index (χ0v) is 13.6. The first-order valence-electron chi connectivity index (χ1n) is 7.35. The monoisotopic (exact) mass is 303 g/mol. The minimum absolute atomic E-state index is 0.644. The van der Waals surface area contributed by atoms with E-state index in [0.717, 1.165) is 42.1 Å². The van der Waals surface area contributed by atoms with Crippen molar-refractivity contribution in [3.05, 3.63) is 58.1 Å². The third kappa shape index (κ3) is 4.23. The molecular weight excluding hydrogens is 282 g/mol. The summed E-state index contributed by atoms with van der Waals surface area (Å²) in [6.07, 6.45) is 1.10. The largest absolute Gasteiger partial charge is 0.455 e. The van der Waals surface area contributed by atoms with E-state index in [0.29, 0.717) is 5.02 Å². The van der Waals surface area contributed by atoms with Crippen LogP contribution in [0.25, 0.3) is 0 Å². The Bertz CT molecular complexity index is 610. The predicted octanol–water partition coefficient (Wildman–Crippen LogP) is 5.25. The molecule has 0 saturated carbocycles. The second-order valence-corrected chi connectivity index (χ2v) is 5.68. The number of aryl methyl sites for hydroxylation is 2. The van der Waals surface area contributed by atoms with Gasteiger partial charge in [-0.3, -0.25) is 0 Å². The average Bonchev–Trinajstić information content (AvgIpc) is 2.45. The Hall–Kier alpha value is -1.51. The highest BCUT2D eigenvalue weighted by Crippen LogP contribution is 2.34. The summed E-state index contributed by atoms with van der Waals surface area (Å²) in [5.41, 5.74) is 3.42. The van der Waals surface area contributed by atoms with Crippen molar-refractivity contribution >= 4 is 11.6 Å². The summed E-state index contributed by atoms with van der Waals surface area (Å²) < 4.78 is 6.08. The van der Waals surface area contributed by atoms with Crippen LogP contribution in [0.3, 0.4) is 0 Å². The van der Waals surface area contributed by atoms with E-state index in [1.165, 1.54) is 5.56 Å². The summed E-state index contributed by atoms with van der Waals surface area (Å²) in [4.78, 5) is 0. The highest BCUT2D eigenvalue weighted by atomic mass is 35.5. The Morgan fingerprint density at radius 3 is 2.67 bits per heavy atom. The Labute approximate surface area is 132 Å². The molecule has 1 N–H and O–H groups in total. The molecule has 2 nitrogen and oxygen atoms in total. The van der Waals surface area contributed by atoms with Crippen LogP contribution in [0.15, 0.2) is 36.4 Å². The molecule has 0 atom stereocenters. The number of ether oxygens (including phenoxy) is 1. The zero-order chi connectivity index (χ0) is 15.2. The smallest absolute Gasteiger partial charge is 0.150 e. The molecule has 0 fully saturated rings. The average molecular weight is 304 g/mol. The second kappa shape index (κ2) is 7.48. The molecule has 21 heavy (non-hydrogen) atoms. The first kappa shape index (κ1) is 15.9. The topological polar surface area (TPSA) is 21.3 Å². The van der Waals surface area contributed by atoms with E-state index in [1.807, 2.05) is 37.3 Å². The molecule has 2 aromatic carbocycles. The number of hydrogen-bond donors (Lipinski definition) is 1. The third-order valence-electron chi connectivity index (χ3n) is 3.33. The number of para-hydroxylation sites is 1. The third-order valence-corrected chi connectivity index (χ3v) is 3.63. The summed E-state index contributed by atoms with van der Waals surface area (Å²) >= 11 is 6.32. The molecule has 0 aliphatic heterocycles. The number of rotatable bonds is 6. The van der Waals surface area contributed by atoms with Gasteiger partial charge in [0.2, 0.25) is 0 Å². The van der Waals surface area contributed by atoms with Crippen molar-refractivity contribution < 1.29 is 4.74 Å². The highest BCUT2D eigenvalue weighted by Gasteiger charge is 2.11. The van der Waals surface area contributed by atoms with Crippen LogP contribution >= 0.6 is 11.6 Å². The maximum atomic E-state index is 6.32. The minimum atomic E-state index is 0.644. The lowest BCUT2D eigenvalue weighted by Crippen LogP contribution is -2.14. The van der Waals surface area contributed by atoms with Crippen LogP contribution in [0.4, 0.5) is 0 Å². The van der Waals surface area contributed by atoms with Gasteiger partial charge in [0.15, 0.2) is 5.75 Å². The van der Waals surface area contributed by atoms with E-state index >= 15 is 0 Å². The molecule has 112 valence electrons. The maximum Gasteiger partial charge on any atom is 0.150 e. The van der Waals surface area contributed by atoms with E-state index < -0.39 is 0 Å². The minimum Gasteiger partial charge on any atom is -0.455 e. The fraction of sp³-hybridized carbons (Fsp3) is 0.333.